The van der Waals surface area contributed by atoms with E-state index in [1.54, 1.807) is 0 Å². The maximum absolute atomic E-state index is 12.6. The summed E-state index contributed by atoms with van der Waals surface area (Å²) >= 11 is 0. The first-order valence-corrected chi connectivity index (χ1v) is 36.6. The van der Waals surface area contributed by atoms with Crippen LogP contribution >= 0.6 is 0 Å². The summed E-state index contributed by atoms with van der Waals surface area (Å²) in [7, 11) is 0. The van der Waals surface area contributed by atoms with Crippen molar-refractivity contribution in [2.24, 2.45) is 0 Å². The van der Waals surface area contributed by atoms with Crippen LogP contribution in [0.4, 0.5) is 0 Å². The monoisotopic (exact) mass is 1130 g/mol. The van der Waals surface area contributed by atoms with Crippen LogP contribution in [-0.2, 0) is 14.3 Å². The van der Waals surface area contributed by atoms with E-state index in [1.807, 2.05) is 0 Å². The van der Waals surface area contributed by atoms with Crippen molar-refractivity contribution in [1.29, 1.82) is 0 Å². The molecule has 0 rings (SSSR count). The average Bonchev–Trinajstić information content (AvgIpc) is 3.46. The number of ether oxygens (including phenoxy) is 1. The van der Waals surface area contributed by atoms with Gasteiger partial charge in [-0.1, -0.05) is 378 Å². The second-order valence-corrected chi connectivity index (χ2v) is 25.3. The lowest BCUT2D eigenvalue weighted by Gasteiger charge is -2.22. The molecule has 0 saturated carbocycles. The predicted octanol–water partition coefficient (Wildman–Crippen LogP) is 23.7. The van der Waals surface area contributed by atoms with E-state index < -0.39 is 12.1 Å². The van der Waals surface area contributed by atoms with Crippen LogP contribution in [0.2, 0.25) is 0 Å². The Bertz CT molecular complexity index is 1250. The van der Waals surface area contributed by atoms with Crippen molar-refractivity contribution in [3.63, 3.8) is 0 Å². The molecule has 0 fully saturated rings. The van der Waals surface area contributed by atoms with Crippen molar-refractivity contribution in [3.05, 3.63) is 24.3 Å². The normalized spacial score (nSPS) is 12.6. The Hall–Kier alpha value is -1.66. The molecule has 2 unspecified atom stereocenters. The lowest BCUT2D eigenvalue weighted by atomic mass is 10.0. The van der Waals surface area contributed by atoms with Gasteiger partial charge in [0.25, 0.3) is 0 Å². The molecule has 0 saturated heterocycles. The number of rotatable bonds is 69. The van der Waals surface area contributed by atoms with Crippen molar-refractivity contribution in [1.82, 2.24) is 5.32 Å². The molecule has 474 valence electrons. The highest BCUT2D eigenvalue weighted by molar-refractivity contribution is 5.76. The SMILES string of the molecule is CCCCCCCCCCCCCCCCCCCCCCCCCC(O)C(CO)NC(=O)CCCCCCCCCCCCCCCC/C=C\C/C=C\CCOC(=O)CCCCCCCCCCCCCCCCCCCCC. The number of unbranched alkanes of at least 4 members (excludes halogenated alkanes) is 54. The fraction of sp³-hybridized carbons (Fsp3) is 0.919. The Balaban J connectivity index is 3.42. The van der Waals surface area contributed by atoms with Gasteiger partial charge in [0, 0.05) is 12.8 Å². The number of aliphatic hydroxyl groups is 2. The average molecular weight is 1130 g/mol. The molecule has 6 nitrogen and oxygen atoms in total. The van der Waals surface area contributed by atoms with Crippen molar-refractivity contribution < 1.29 is 24.5 Å². The van der Waals surface area contributed by atoms with Gasteiger partial charge in [0.05, 0.1) is 25.4 Å². The maximum Gasteiger partial charge on any atom is 0.305 e. The van der Waals surface area contributed by atoms with Crippen LogP contribution in [0.5, 0.6) is 0 Å². The third-order valence-electron chi connectivity index (χ3n) is 17.3. The number of nitrogens with one attached hydrogen (secondary N) is 1. The Kier molecular flexibility index (Phi) is 68.4. The summed E-state index contributed by atoms with van der Waals surface area (Å²) in [4.78, 5) is 24.6. The molecule has 3 N–H and O–H groups in total. The minimum atomic E-state index is -0.669. The van der Waals surface area contributed by atoms with E-state index in [0.717, 1.165) is 51.4 Å². The molecule has 2 atom stereocenters. The van der Waals surface area contributed by atoms with Gasteiger partial charge in [-0.2, -0.15) is 0 Å². The lowest BCUT2D eigenvalue weighted by Crippen LogP contribution is -2.45. The van der Waals surface area contributed by atoms with Crippen LogP contribution in [0.25, 0.3) is 0 Å². The molecular formula is C74H143NO5. The number of carbonyl (C=O) groups excluding carboxylic acids is 2. The fourth-order valence-electron chi connectivity index (χ4n) is 11.7. The van der Waals surface area contributed by atoms with E-state index in [-0.39, 0.29) is 18.5 Å². The van der Waals surface area contributed by atoms with Gasteiger partial charge in [-0.3, -0.25) is 9.59 Å². The van der Waals surface area contributed by atoms with Crippen molar-refractivity contribution in [2.75, 3.05) is 13.2 Å². The Labute approximate surface area is 501 Å². The third-order valence-corrected chi connectivity index (χ3v) is 17.3. The lowest BCUT2D eigenvalue weighted by molar-refractivity contribution is -0.143. The standard InChI is InChI=1S/C74H143NO5/c1-3-5-7-9-11-13-15-17-19-21-23-24-25-27-31-34-38-42-46-50-54-58-62-66-72(77)71(70-76)75-73(78)67-63-59-55-51-47-43-39-35-32-28-26-29-33-37-41-45-49-53-57-61-65-69-80-74(79)68-64-60-56-52-48-44-40-36-30-22-20-18-16-14-12-10-8-6-4-2/h45,49,57,61,71-72,76-77H,3-44,46-48,50-56,58-60,62-70H2,1-2H3,(H,75,78)/b49-45-,61-57-. The smallest absolute Gasteiger partial charge is 0.305 e. The first-order valence-electron chi connectivity index (χ1n) is 36.6. The molecule has 1 amide bonds. The second-order valence-electron chi connectivity index (χ2n) is 25.3. The fourth-order valence-corrected chi connectivity index (χ4v) is 11.7. The third kappa shape index (κ3) is 65.5. The maximum atomic E-state index is 12.6. The van der Waals surface area contributed by atoms with Gasteiger partial charge in [-0.25, -0.2) is 0 Å². The van der Waals surface area contributed by atoms with E-state index in [2.05, 4.69) is 43.5 Å². The minimum absolute atomic E-state index is 0.0292. The topological polar surface area (TPSA) is 95.9 Å². The summed E-state index contributed by atoms with van der Waals surface area (Å²) < 4.78 is 5.45. The zero-order chi connectivity index (χ0) is 57.8. The van der Waals surface area contributed by atoms with Crippen LogP contribution in [0.1, 0.15) is 412 Å². The van der Waals surface area contributed by atoms with Gasteiger partial charge < -0.3 is 20.3 Å². The number of hydrogen-bond donors (Lipinski definition) is 3. The first kappa shape index (κ1) is 78.3. The zero-order valence-electron chi connectivity index (χ0n) is 54.3. The quantitative estimate of drug-likeness (QED) is 0.0320. The van der Waals surface area contributed by atoms with E-state index in [9.17, 15) is 19.8 Å². The molecule has 0 bridgehead atoms. The molecule has 0 heterocycles. The summed E-state index contributed by atoms with van der Waals surface area (Å²) in [6.45, 7) is 4.89. The van der Waals surface area contributed by atoms with Crippen molar-refractivity contribution in [3.8, 4) is 0 Å². The van der Waals surface area contributed by atoms with Gasteiger partial charge in [0.15, 0.2) is 0 Å². The summed E-state index contributed by atoms with van der Waals surface area (Å²) in [5.41, 5.74) is 0. The van der Waals surface area contributed by atoms with E-state index in [1.165, 1.54) is 327 Å². The number of allylic oxidation sites excluding steroid dienone is 3. The van der Waals surface area contributed by atoms with Crippen LogP contribution in [-0.4, -0.2) is 47.4 Å². The summed E-state index contributed by atoms with van der Waals surface area (Å²) in [6.07, 6.45) is 88.2. The highest BCUT2D eigenvalue weighted by Gasteiger charge is 2.20. The van der Waals surface area contributed by atoms with Crippen molar-refractivity contribution in [2.45, 2.75) is 424 Å². The van der Waals surface area contributed by atoms with E-state index in [4.69, 9.17) is 4.74 Å². The molecule has 0 aromatic rings. The van der Waals surface area contributed by atoms with Crippen LogP contribution in [0, 0.1) is 0 Å². The first-order chi connectivity index (χ1) is 39.5. The Morgan fingerprint density at radius 2 is 0.625 bits per heavy atom. The van der Waals surface area contributed by atoms with Crippen LogP contribution < -0.4 is 5.32 Å². The number of hydrogen-bond acceptors (Lipinski definition) is 5. The predicted molar refractivity (Wildman–Crippen MR) is 352 cm³/mol. The minimum Gasteiger partial charge on any atom is -0.465 e. The number of esters is 1. The molecule has 0 aliphatic carbocycles. The van der Waals surface area contributed by atoms with Gasteiger partial charge in [-0.05, 0) is 44.9 Å². The molecule has 0 aliphatic heterocycles. The number of amides is 1. The van der Waals surface area contributed by atoms with Crippen LogP contribution in [0.15, 0.2) is 24.3 Å². The molecule has 0 spiro atoms. The molecule has 0 aromatic carbocycles. The van der Waals surface area contributed by atoms with Crippen LogP contribution in [0.3, 0.4) is 0 Å². The molecular weight excluding hydrogens is 983 g/mol. The molecule has 0 aliphatic rings. The molecule has 6 heteroatoms. The van der Waals surface area contributed by atoms with Gasteiger partial charge in [0.2, 0.25) is 5.91 Å². The number of carbonyl (C=O) groups is 2. The summed E-state index contributed by atoms with van der Waals surface area (Å²) in [6, 6.07) is -0.547. The summed E-state index contributed by atoms with van der Waals surface area (Å²) in [5, 5.41) is 23.4. The van der Waals surface area contributed by atoms with Gasteiger partial charge >= 0.3 is 5.97 Å². The molecule has 0 aromatic heterocycles. The second kappa shape index (κ2) is 69.8. The summed E-state index contributed by atoms with van der Waals surface area (Å²) in [5.74, 6) is -0.0640. The zero-order valence-corrected chi connectivity index (χ0v) is 54.3. The van der Waals surface area contributed by atoms with Crippen molar-refractivity contribution >= 4 is 11.9 Å². The van der Waals surface area contributed by atoms with E-state index >= 15 is 0 Å². The number of aliphatic hydroxyl groups excluding tert-OH is 2. The van der Waals surface area contributed by atoms with Gasteiger partial charge in [-0.15, -0.1) is 0 Å². The largest absolute Gasteiger partial charge is 0.465 e. The Morgan fingerprint density at radius 3 is 0.950 bits per heavy atom. The Morgan fingerprint density at radius 1 is 0.350 bits per heavy atom. The molecule has 80 heavy (non-hydrogen) atoms. The molecule has 0 radical (unpaired) electrons. The van der Waals surface area contributed by atoms with Gasteiger partial charge in [0.1, 0.15) is 0 Å². The van der Waals surface area contributed by atoms with E-state index in [0.29, 0.717) is 25.9 Å². The highest BCUT2D eigenvalue weighted by atomic mass is 16.5. The highest BCUT2D eigenvalue weighted by Crippen LogP contribution is 2.19.